The molecule has 2 atom stereocenters. The molecule has 4 rings (SSSR count). The molecule has 0 radical (unpaired) electrons. The first-order valence-electron chi connectivity index (χ1n) is 10.5. The monoisotopic (exact) mass is 396 g/mol. The third-order valence-electron chi connectivity index (χ3n) is 6.31. The minimum Gasteiger partial charge on any atom is -0.466 e. The average molecular weight is 396 g/mol. The molecule has 1 saturated carbocycles. The van der Waals surface area contributed by atoms with Gasteiger partial charge in [0.05, 0.1) is 12.0 Å². The van der Waals surface area contributed by atoms with Crippen LogP contribution in [0.3, 0.4) is 0 Å². The van der Waals surface area contributed by atoms with Crippen molar-refractivity contribution < 1.29 is 18.8 Å². The van der Waals surface area contributed by atoms with Crippen LogP contribution in [0.15, 0.2) is 40.9 Å². The Morgan fingerprint density at radius 3 is 2.55 bits per heavy atom. The Labute approximate surface area is 171 Å². The normalized spacial score (nSPS) is 22.9. The van der Waals surface area contributed by atoms with Crippen LogP contribution in [-0.2, 0) is 20.7 Å². The van der Waals surface area contributed by atoms with Crippen LogP contribution in [0.4, 0.5) is 0 Å². The Kier molecular flexibility index (Phi) is 5.43. The van der Waals surface area contributed by atoms with E-state index in [0.29, 0.717) is 50.6 Å². The number of likely N-dealkylation sites (tertiary alicyclic amines) is 1. The Morgan fingerprint density at radius 1 is 1.24 bits per heavy atom. The van der Waals surface area contributed by atoms with Crippen molar-refractivity contribution in [2.75, 3.05) is 19.7 Å². The van der Waals surface area contributed by atoms with Crippen molar-refractivity contribution in [3.8, 4) is 11.3 Å². The standard InChI is InChI=1S/C23H28N2O4/c1-3-28-22(27)23(9-11-25(12-10-23)21(26)19-13-16(19)2)15-18-14-20(24-29-18)17-7-5-4-6-8-17/h4-8,14,16,19H,3,9-13,15H2,1-2H3/t16-,19-/m1/s1. The number of esters is 1. The van der Waals surface area contributed by atoms with E-state index in [1.54, 1.807) is 0 Å². The number of aromatic nitrogens is 1. The minimum atomic E-state index is -0.671. The van der Waals surface area contributed by atoms with Gasteiger partial charge in [-0.2, -0.15) is 0 Å². The van der Waals surface area contributed by atoms with Gasteiger partial charge in [0.15, 0.2) is 0 Å². The van der Waals surface area contributed by atoms with Gasteiger partial charge in [0, 0.05) is 37.1 Å². The smallest absolute Gasteiger partial charge is 0.312 e. The summed E-state index contributed by atoms with van der Waals surface area (Å²) < 4.78 is 11.0. The number of carbonyl (C=O) groups is 2. The van der Waals surface area contributed by atoms with Crippen LogP contribution in [0.2, 0.25) is 0 Å². The van der Waals surface area contributed by atoms with Crippen molar-refractivity contribution in [3.63, 3.8) is 0 Å². The lowest BCUT2D eigenvalue weighted by molar-refractivity contribution is -0.160. The summed E-state index contributed by atoms with van der Waals surface area (Å²) in [7, 11) is 0. The third-order valence-corrected chi connectivity index (χ3v) is 6.31. The van der Waals surface area contributed by atoms with Crippen LogP contribution in [-0.4, -0.2) is 41.6 Å². The van der Waals surface area contributed by atoms with E-state index in [1.807, 2.05) is 48.2 Å². The van der Waals surface area contributed by atoms with Gasteiger partial charge in [-0.3, -0.25) is 9.59 Å². The zero-order valence-corrected chi connectivity index (χ0v) is 17.1. The first kappa shape index (κ1) is 19.7. The molecule has 154 valence electrons. The number of piperidine rings is 1. The van der Waals surface area contributed by atoms with E-state index >= 15 is 0 Å². The molecular weight excluding hydrogens is 368 g/mol. The van der Waals surface area contributed by atoms with Crippen molar-refractivity contribution in [3.05, 3.63) is 42.2 Å². The molecule has 2 aliphatic rings. The van der Waals surface area contributed by atoms with E-state index in [4.69, 9.17) is 9.26 Å². The SMILES string of the molecule is CCOC(=O)C1(Cc2cc(-c3ccccc3)no2)CCN(C(=O)[C@@H]2C[C@H]2C)CC1. The van der Waals surface area contributed by atoms with Crippen LogP contribution in [0, 0.1) is 17.3 Å². The summed E-state index contributed by atoms with van der Waals surface area (Å²) in [5.41, 5.74) is 1.07. The first-order chi connectivity index (χ1) is 14.0. The third kappa shape index (κ3) is 4.07. The molecule has 2 heterocycles. The molecule has 1 saturated heterocycles. The topological polar surface area (TPSA) is 72.6 Å². The lowest BCUT2D eigenvalue weighted by atomic mass is 9.74. The summed E-state index contributed by atoms with van der Waals surface area (Å²) in [5, 5.41) is 4.18. The summed E-state index contributed by atoms with van der Waals surface area (Å²) in [6, 6.07) is 11.7. The van der Waals surface area contributed by atoms with E-state index in [1.165, 1.54) is 0 Å². The molecule has 0 N–H and O–H groups in total. The molecule has 1 aromatic heterocycles. The van der Waals surface area contributed by atoms with Crippen LogP contribution < -0.4 is 0 Å². The molecule has 2 aromatic rings. The predicted molar refractivity (Wildman–Crippen MR) is 108 cm³/mol. The molecule has 0 bridgehead atoms. The molecule has 1 aliphatic carbocycles. The number of hydrogen-bond donors (Lipinski definition) is 0. The maximum Gasteiger partial charge on any atom is 0.312 e. The second-order valence-electron chi connectivity index (χ2n) is 8.37. The van der Waals surface area contributed by atoms with E-state index < -0.39 is 5.41 Å². The predicted octanol–water partition coefficient (Wildman–Crippen LogP) is 3.71. The fourth-order valence-corrected chi connectivity index (χ4v) is 4.27. The largest absolute Gasteiger partial charge is 0.466 e. The van der Waals surface area contributed by atoms with Crippen LogP contribution in [0.1, 0.15) is 38.9 Å². The summed E-state index contributed by atoms with van der Waals surface area (Å²) >= 11 is 0. The van der Waals surface area contributed by atoms with Crippen LogP contribution in [0.5, 0.6) is 0 Å². The van der Waals surface area contributed by atoms with E-state index in [9.17, 15) is 9.59 Å². The summed E-state index contributed by atoms with van der Waals surface area (Å²) in [6.07, 6.45) is 2.59. The average Bonchev–Trinajstić information content (AvgIpc) is 3.29. The van der Waals surface area contributed by atoms with E-state index in [-0.39, 0.29) is 17.8 Å². The van der Waals surface area contributed by atoms with Crippen molar-refractivity contribution in [1.29, 1.82) is 0 Å². The van der Waals surface area contributed by atoms with Gasteiger partial charge >= 0.3 is 5.97 Å². The number of rotatable bonds is 6. The van der Waals surface area contributed by atoms with Gasteiger partial charge < -0.3 is 14.2 Å². The van der Waals surface area contributed by atoms with Crippen LogP contribution >= 0.6 is 0 Å². The lowest BCUT2D eigenvalue weighted by Crippen LogP contribution is -2.48. The number of carbonyl (C=O) groups excluding carboxylic acids is 2. The highest BCUT2D eigenvalue weighted by atomic mass is 16.5. The Hall–Kier alpha value is -2.63. The Balaban J connectivity index is 1.49. The molecule has 1 aliphatic heterocycles. The zero-order chi connectivity index (χ0) is 20.4. The molecule has 2 fully saturated rings. The highest BCUT2D eigenvalue weighted by Crippen LogP contribution is 2.42. The number of benzene rings is 1. The maximum absolute atomic E-state index is 12.9. The highest BCUT2D eigenvalue weighted by Gasteiger charge is 2.47. The van der Waals surface area contributed by atoms with Crippen molar-refractivity contribution in [2.45, 2.75) is 39.5 Å². The number of amides is 1. The van der Waals surface area contributed by atoms with Gasteiger partial charge in [0.1, 0.15) is 11.5 Å². The van der Waals surface area contributed by atoms with Gasteiger partial charge in [-0.15, -0.1) is 0 Å². The van der Waals surface area contributed by atoms with Crippen molar-refractivity contribution in [1.82, 2.24) is 10.1 Å². The molecule has 6 nitrogen and oxygen atoms in total. The molecule has 0 unspecified atom stereocenters. The zero-order valence-electron chi connectivity index (χ0n) is 17.1. The number of ether oxygens (including phenoxy) is 1. The van der Waals surface area contributed by atoms with Gasteiger partial charge in [-0.25, -0.2) is 0 Å². The summed E-state index contributed by atoms with van der Waals surface area (Å²) in [6.45, 7) is 5.44. The van der Waals surface area contributed by atoms with E-state index in [0.717, 1.165) is 17.7 Å². The second kappa shape index (κ2) is 8.01. The first-order valence-corrected chi connectivity index (χ1v) is 10.5. The van der Waals surface area contributed by atoms with Gasteiger partial charge in [0.2, 0.25) is 5.91 Å². The Bertz CT molecular complexity index is 868. The van der Waals surface area contributed by atoms with Gasteiger partial charge in [0.25, 0.3) is 0 Å². The van der Waals surface area contributed by atoms with Crippen molar-refractivity contribution in [2.24, 2.45) is 17.3 Å². The number of hydrogen-bond acceptors (Lipinski definition) is 5. The summed E-state index contributed by atoms with van der Waals surface area (Å²) in [4.78, 5) is 27.4. The summed E-state index contributed by atoms with van der Waals surface area (Å²) in [5.74, 6) is 1.37. The van der Waals surface area contributed by atoms with Gasteiger partial charge in [-0.1, -0.05) is 42.4 Å². The molecular formula is C23H28N2O4. The molecule has 29 heavy (non-hydrogen) atoms. The number of nitrogens with zero attached hydrogens (tertiary/aromatic N) is 2. The minimum absolute atomic E-state index is 0.174. The fraction of sp³-hybridized carbons (Fsp3) is 0.522. The molecule has 1 aromatic carbocycles. The van der Waals surface area contributed by atoms with Crippen LogP contribution in [0.25, 0.3) is 11.3 Å². The van der Waals surface area contributed by atoms with E-state index in [2.05, 4.69) is 12.1 Å². The van der Waals surface area contributed by atoms with Gasteiger partial charge in [-0.05, 0) is 32.1 Å². The van der Waals surface area contributed by atoms with Crippen molar-refractivity contribution >= 4 is 11.9 Å². The lowest BCUT2D eigenvalue weighted by Gasteiger charge is -2.39. The quantitative estimate of drug-likeness (QED) is 0.696. The molecule has 0 spiro atoms. The maximum atomic E-state index is 12.9. The Morgan fingerprint density at radius 2 is 1.93 bits per heavy atom. The highest BCUT2D eigenvalue weighted by molar-refractivity contribution is 5.82. The second-order valence-corrected chi connectivity index (χ2v) is 8.37. The molecule has 6 heteroatoms. The fourth-order valence-electron chi connectivity index (χ4n) is 4.27. The molecule has 1 amide bonds.